The molecule has 0 aliphatic rings. The van der Waals surface area contributed by atoms with E-state index < -0.39 is 11.8 Å². The molecule has 0 amide bonds. The van der Waals surface area contributed by atoms with Crippen molar-refractivity contribution < 1.29 is 43.4 Å². The highest BCUT2D eigenvalue weighted by Crippen LogP contribution is 2.55. The zero-order valence-electron chi connectivity index (χ0n) is 26.0. The molecule has 2 unspecified atom stereocenters. The van der Waals surface area contributed by atoms with Crippen LogP contribution in [0.1, 0.15) is 75.6 Å². The number of ether oxygens (including phenoxy) is 6. The van der Waals surface area contributed by atoms with Gasteiger partial charge in [0, 0.05) is 23.0 Å². The number of carbonyl (C=O) groups is 1. The highest BCUT2D eigenvalue weighted by Gasteiger charge is 2.37. The van der Waals surface area contributed by atoms with Crippen molar-refractivity contribution in [1.29, 1.82) is 0 Å². The Morgan fingerprint density at radius 2 is 0.800 bits per heavy atom. The van der Waals surface area contributed by atoms with Crippen molar-refractivity contribution in [1.82, 2.24) is 0 Å². The van der Waals surface area contributed by atoms with Crippen molar-refractivity contribution >= 4 is 5.78 Å². The number of rotatable bonds is 14. The van der Waals surface area contributed by atoms with Gasteiger partial charge in [0.25, 0.3) is 0 Å². The van der Waals surface area contributed by atoms with E-state index in [1.165, 1.54) is 42.7 Å². The van der Waals surface area contributed by atoms with E-state index in [1.54, 1.807) is 13.8 Å². The van der Waals surface area contributed by atoms with E-state index in [0.29, 0.717) is 47.0 Å². The van der Waals surface area contributed by atoms with Crippen LogP contribution in [0.5, 0.6) is 46.0 Å². The molecule has 0 aromatic heterocycles. The minimum Gasteiger partial charge on any atom is -0.507 e. The van der Waals surface area contributed by atoms with Crippen molar-refractivity contribution in [2.45, 2.75) is 66.2 Å². The maximum Gasteiger partial charge on any atom is 0.204 e. The smallest absolute Gasteiger partial charge is 0.204 e. The lowest BCUT2D eigenvalue weighted by Crippen LogP contribution is -2.20. The van der Waals surface area contributed by atoms with Gasteiger partial charge in [0.05, 0.1) is 53.8 Å². The first-order chi connectivity index (χ1) is 18.9. The SMILES string of the molecule is COc1c(CC(C)C)c(O)c(C(C)C(=O)C(C)c2c(O)c(CC(C)C)c(OC)c(OC)c2OC)c(OC)c1OC. The van der Waals surface area contributed by atoms with Crippen LogP contribution < -0.4 is 28.4 Å². The molecule has 9 heteroatoms. The molecule has 2 atom stereocenters. The molecule has 224 valence electrons. The molecule has 2 aromatic rings. The maximum atomic E-state index is 14.2. The third kappa shape index (κ3) is 5.98. The predicted octanol–water partition coefficient (Wildman–Crippen LogP) is 6.02. The van der Waals surface area contributed by atoms with Crippen LogP contribution in [0, 0.1) is 11.8 Å². The number of benzene rings is 2. The summed E-state index contributed by atoms with van der Waals surface area (Å²) >= 11 is 0. The Bertz CT molecular complexity index is 1110. The number of phenols is 2. The van der Waals surface area contributed by atoms with Crippen molar-refractivity contribution in [2.75, 3.05) is 42.7 Å². The molecule has 0 bridgehead atoms. The third-order valence-electron chi connectivity index (χ3n) is 7.11. The number of carbonyl (C=O) groups excluding carboxylic acids is 1. The summed E-state index contributed by atoms with van der Waals surface area (Å²) in [6.07, 6.45) is 0.976. The van der Waals surface area contributed by atoms with Crippen LogP contribution in [-0.2, 0) is 17.6 Å². The van der Waals surface area contributed by atoms with Gasteiger partial charge in [0.2, 0.25) is 11.5 Å². The number of methoxy groups -OCH3 is 6. The number of hydrogen-bond donors (Lipinski definition) is 2. The van der Waals surface area contributed by atoms with E-state index in [4.69, 9.17) is 28.4 Å². The van der Waals surface area contributed by atoms with Gasteiger partial charge in [0.1, 0.15) is 17.3 Å². The highest BCUT2D eigenvalue weighted by molar-refractivity contribution is 5.95. The van der Waals surface area contributed by atoms with E-state index in [9.17, 15) is 15.0 Å². The van der Waals surface area contributed by atoms with Crippen LogP contribution in [0.3, 0.4) is 0 Å². The normalized spacial score (nSPS) is 12.8. The van der Waals surface area contributed by atoms with Crippen LogP contribution >= 0.6 is 0 Å². The van der Waals surface area contributed by atoms with Crippen LogP contribution in [0.15, 0.2) is 0 Å². The van der Waals surface area contributed by atoms with Crippen molar-refractivity contribution in [3.8, 4) is 46.0 Å². The summed E-state index contributed by atoms with van der Waals surface area (Å²) in [6.45, 7) is 11.5. The Morgan fingerprint density at radius 3 is 1.02 bits per heavy atom. The summed E-state index contributed by atoms with van der Waals surface area (Å²) in [7, 11) is 8.86. The molecule has 0 fully saturated rings. The lowest BCUT2D eigenvalue weighted by atomic mass is 9.81. The minimum atomic E-state index is -0.860. The summed E-state index contributed by atoms with van der Waals surface area (Å²) in [6, 6.07) is 0. The zero-order chi connectivity index (χ0) is 30.5. The molecule has 2 N–H and O–H groups in total. The number of aromatic hydroxyl groups is 2. The second-order valence-electron chi connectivity index (χ2n) is 10.7. The lowest BCUT2D eigenvalue weighted by Gasteiger charge is -2.27. The molecule has 0 aliphatic heterocycles. The molecule has 0 spiro atoms. The van der Waals surface area contributed by atoms with Gasteiger partial charge in [-0.25, -0.2) is 0 Å². The molecule has 0 heterocycles. The van der Waals surface area contributed by atoms with Gasteiger partial charge in [0.15, 0.2) is 23.0 Å². The summed E-state index contributed by atoms with van der Waals surface area (Å²) in [5.74, 6) is -0.0677. The highest BCUT2D eigenvalue weighted by atomic mass is 16.5. The van der Waals surface area contributed by atoms with Crippen molar-refractivity contribution in [3.05, 3.63) is 22.3 Å². The molecule has 0 saturated carbocycles. The minimum absolute atomic E-state index is 0.0831. The molecule has 2 rings (SSSR count). The monoisotopic (exact) mass is 562 g/mol. The average molecular weight is 563 g/mol. The Morgan fingerprint density at radius 1 is 0.525 bits per heavy atom. The van der Waals surface area contributed by atoms with Gasteiger partial charge in [-0.15, -0.1) is 0 Å². The van der Waals surface area contributed by atoms with Gasteiger partial charge in [-0.2, -0.15) is 0 Å². The summed E-state index contributed by atoms with van der Waals surface area (Å²) < 4.78 is 33.9. The number of ketones is 1. The number of Topliss-reactive ketones (excluding diaryl/α,β-unsaturated/α-hetero) is 1. The van der Waals surface area contributed by atoms with Crippen LogP contribution in [-0.4, -0.2) is 58.7 Å². The van der Waals surface area contributed by atoms with E-state index in [-0.39, 0.29) is 51.7 Å². The largest absolute Gasteiger partial charge is 0.507 e. The molecule has 0 saturated heterocycles. The molecule has 0 radical (unpaired) electrons. The predicted molar refractivity (Wildman–Crippen MR) is 154 cm³/mol. The number of hydrogen-bond acceptors (Lipinski definition) is 9. The fraction of sp³-hybridized carbons (Fsp3) is 0.581. The summed E-state index contributed by atoms with van der Waals surface area (Å²) in [5.41, 5.74) is 1.63. The quantitative estimate of drug-likeness (QED) is 0.285. The van der Waals surface area contributed by atoms with Crippen molar-refractivity contribution in [2.24, 2.45) is 11.8 Å². The zero-order valence-corrected chi connectivity index (χ0v) is 26.0. The maximum absolute atomic E-state index is 14.2. The molecular weight excluding hydrogens is 516 g/mol. The Kier molecular flexibility index (Phi) is 11.2. The summed E-state index contributed by atoms with van der Waals surface area (Å²) in [5, 5.41) is 23.0. The fourth-order valence-corrected chi connectivity index (χ4v) is 5.35. The van der Waals surface area contributed by atoms with Crippen LogP contribution in [0.4, 0.5) is 0 Å². The first-order valence-electron chi connectivity index (χ1n) is 13.5. The van der Waals surface area contributed by atoms with Gasteiger partial charge in [-0.3, -0.25) is 4.79 Å². The molecule has 2 aromatic carbocycles. The molecule has 9 nitrogen and oxygen atoms in total. The second kappa shape index (κ2) is 13.7. The van der Waals surface area contributed by atoms with Crippen LogP contribution in [0.25, 0.3) is 0 Å². The van der Waals surface area contributed by atoms with Gasteiger partial charge in [-0.1, -0.05) is 41.5 Å². The Hall–Kier alpha value is -3.49. The van der Waals surface area contributed by atoms with E-state index >= 15 is 0 Å². The Labute approximate surface area is 238 Å². The van der Waals surface area contributed by atoms with Gasteiger partial charge >= 0.3 is 0 Å². The Balaban J connectivity index is 2.85. The van der Waals surface area contributed by atoms with E-state index in [2.05, 4.69) is 0 Å². The first-order valence-corrected chi connectivity index (χ1v) is 13.5. The molecule has 40 heavy (non-hydrogen) atoms. The molecule has 0 aliphatic carbocycles. The van der Waals surface area contributed by atoms with E-state index in [0.717, 1.165) is 0 Å². The van der Waals surface area contributed by atoms with Crippen molar-refractivity contribution in [3.63, 3.8) is 0 Å². The summed E-state index contributed by atoms with van der Waals surface area (Å²) in [4.78, 5) is 14.2. The van der Waals surface area contributed by atoms with Crippen LogP contribution in [0.2, 0.25) is 0 Å². The third-order valence-corrected chi connectivity index (χ3v) is 7.11. The second-order valence-corrected chi connectivity index (χ2v) is 10.7. The fourth-order valence-electron chi connectivity index (χ4n) is 5.35. The topological polar surface area (TPSA) is 113 Å². The van der Waals surface area contributed by atoms with Gasteiger partial charge < -0.3 is 38.6 Å². The number of phenolic OH excluding ortho intramolecular Hbond substituents is 2. The lowest BCUT2D eigenvalue weighted by molar-refractivity contribution is -0.121. The average Bonchev–Trinajstić information content (AvgIpc) is 2.92. The van der Waals surface area contributed by atoms with Gasteiger partial charge in [-0.05, 0) is 24.7 Å². The first kappa shape index (κ1) is 32.7. The standard InChI is InChI=1S/C31H46O9/c1-15(2)13-19-24(33)21(28(37-9)30(39-11)26(19)35-7)17(5)23(32)18(6)22-25(34)20(14-16(3)4)27(36-8)31(40-12)29(22)38-10/h15-18,33-34H,13-14H2,1-12H3. The van der Waals surface area contributed by atoms with E-state index in [1.807, 2.05) is 27.7 Å². The molecular formula is C31H46O9.